The molecular formula is C10H14O3. The van der Waals surface area contributed by atoms with Crippen LogP contribution in [0.2, 0.25) is 0 Å². The highest BCUT2D eigenvalue weighted by Crippen LogP contribution is 2.34. The maximum atomic E-state index is 11.5. The molecule has 13 heavy (non-hydrogen) atoms. The van der Waals surface area contributed by atoms with E-state index in [4.69, 9.17) is 9.47 Å². The Bertz CT molecular complexity index is 245. The summed E-state index contributed by atoms with van der Waals surface area (Å²) in [6.07, 6.45) is 4.85. The van der Waals surface area contributed by atoms with Crippen molar-refractivity contribution in [2.75, 3.05) is 0 Å². The lowest BCUT2D eigenvalue weighted by Crippen LogP contribution is -2.27. The normalized spacial score (nSPS) is 35.8. The zero-order valence-corrected chi connectivity index (χ0v) is 7.90. The van der Waals surface area contributed by atoms with Crippen molar-refractivity contribution in [2.24, 2.45) is 5.92 Å². The van der Waals surface area contributed by atoms with E-state index in [2.05, 4.69) is 0 Å². The van der Waals surface area contributed by atoms with Gasteiger partial charge in [0.15, 0.2) is 0 Å². The van der Waals surface area contributed by atoms with E-state index in [-0.39, 0.29) is 30.2 Å². The van der Waals surface area contributed by atoms with Gasteiger partial charge in [0.05, 0.1) is 24.2 Å². The Balaban J connectivity index is 1.95. The van der Waals surface area contributed by atoms with Crippen LogP contribution in [0.4, 0.5) is 0 Å². The van der Waals surface area contributed by atoms with Gasteiger partial charge in [0.25, 0.3) is 0 Å². The van der Waals surface area contributed by atoms with Gasteiger partial charge in [0.2, 0.25) is 0 Å². The Morgan fingerprint density at radius 1 is 1.54 bits per heavy atom. The first-order valence-electron chi connectivity index (χ1n) is 4.71. The summed E-state index contributed by atoms with van der Waals surface area (Å²) in [6.45, 7) is 3.73. The van der Waals surface area contributed by atoms with Crippen molar-refractivity contribution in [1.82, 2.24) is 0 Å². The molecule has 3 heteroatoms. The minimum Gasteiger partial charge on any atom is -0.463 e. The fourth-order valence-corrected chi connectivity index (χ4v) is 1.82. The van der Waals surface area contributed by atoms with Crippen molar-refractivity contribution in [3.8, 4) is 0 Å². The molecule has 3 nitrogen and oxygen atoms in total. The van der Waals surface area contributed by atoms with E-state index in [1.54, 1.807) is 0 Å². The Morgan fingerprint density at radius 2 is 2.31 bits per heavy atom. The number of fused-ring (bicyclic) bond motifs is 2. The van der Waals surface area contributed by atoms with E-state index in [0.717, 1.165) is 6.42 Å². The smallest absolute Gasteiger partial charge is 0.312 e. The Kier molecular flexibility index (Phi) is 2.12. The first kappa shape index (κ1) is 8.75. The van der Waals surface area contributed by atoms with Crippen molar-refractivity contribution in [1.29, 1.82) is 0 Å². The fourth-order valence-electron chi connectivity index (χ4n) is 1.82. The van der Waals surface area contributed by atoms with Crippen molar-refractivity contribution in [3.05, 3.63) is 12.2 Å². The van der Waals surface area contributed by atoms with Crippen molar-refractivity contribution < 1.29 is 14.3 Å². The molecule has 72 valence electrons. The van der Waals surface area contributed by atoms with Crippen LogP contribution < -0.4 is 0 Å². The monoisotopic (exact) mass is 182 g/mol. The quantitative estimate of drug-likeness (QED) is 0.476. The average molecular weight is 182 g/mol. The molecule has 3 unspecified atom stereocenters. The summed E-state index contributed by atoms with van der Waals surface area (Å²) in [5, 5.41) is 0. The van der Waals surface area contributed by atoms with E-state index in [0.29, 0.717) is 0 Å². The molecule has 0 aliphatic carbocycles. The van der Waals surface area contributed by atoms with Crippen LogP contribution in [0.15, 0.2) is 12.2 Å². The first-order valence-corrected chi connectivity index (χ1v) is 4.71. The molecule has 1 fully saturated rings. The molecule has 2 aliphatic heterocycles. The molecule has 3 atom stereocenters. The second-order valence-corrected chi connectivity index (χ2v) is 3.85. The summed E-state index contributed by atoms with van der Waals surface area (Å²) in [7, 11) is 0. The number of esters is 1. The van der Waals surface area contributed by atoms with Crippen molar-refractivity contribution >= 4 is 5.97 Å². The maximum absolute atomic E-state index is 11.5. The van der Waals surface area contributed by atoms with Gasteiger partial charge < -0.3 is 9.47 Å². The van der Waals surface area contributed by atoms with Crippen LogP contribution in [0.1, 0.15) is 20.3 Å². The van der Waals surface area contributed by atoms with E-state index in [1.807, 2.05) is 26.0 Å². The number of rotatable bonds is 2. The van der Waals surface area contributed by atoms with Crippen LogP contribution in [-0.2, 0) is 14.3 Å². The zero-order chi connectivity index (χ0) is 9.42. The molecule has 0 spiro atoms. The largest absolute Gasteiger partial charge is 0.463 e. The fraction of sp³-hybridized carbons (Fsp3) is 0.700. The molecule has 0 amide bonds. The third kappa shape index (κ3) is 1.61. The van der Waals surface area contributed by atoms with Crippen LogP contribution in [0.3, 0.4) is 0 Å². The minimum absolute atomic E-state index is 0.0313. The van der Waals surface area contributed by atoms with Crippen molar-refractivity contribution in [2.45, 2.75) is 38.6 Å². The lowest BCUT2D eigenvalue weighted by Gasteiger charge is -2.16. The number of hydrogen-bond donors (Lipinski definition) is 0. The molecular weight excluding hydrogens is 168 g/mol. The first-order chi connectivity index (χ1) is 6.16. The van der Waals surface area contributed by atoms with Gasteiger partial charge in [0, 0.05) is 0 Å². The summed E-state index contributed by atoms with van der Waals surface area (Å²) in [5.41, 5.74) is 0. The summed E-state index contributed by atoms with van der Waals surface area (Å²) in [6, 6.07) is 0. The predicted octanol–water partition coefficient (Wildman–Crippen LogP) is 1.28. The number of carbonyl (C=O) groups excluding carboxylic acids is 1. The molecule has 0 aromatic rings. The van der Waals surface area contributed by atoms with Gasteiger partial charge in [-0.15, -0.1) is 0 Å². The molecule has 2 bridgehead atoms. The van der Waals surface area contributed by atoms with Crippen LogP contribution in [0, 0.1) is 5.92 Å². The summed E-state index contributed by atoms with van der Waals surface area (Å²) in [4.78, 5) is 11.5. The molecule has 0 N–H and O–H groups in total. The standard InChI is InChI=1S/C10H14O3/c1-6(2)12-10(11)8-5-7-3-4-9(8)13-7/h3-4,6-9H,5H2,1-2H3. The molecule has 2 aliphatic rings. The zero-order valence-electron chi connectivity index (χ0n) is 7.90. The molecule has 0 aromatic heterocycles. The lowest BCUT2D eigenvalue weighted by molar-refractivity contribution is -0.153. The van der Waals surface area contributed by atoms with Gasteiger partial charge in [0.1, 0.15) is 0 Å². The predicted molar refractivity (Wildman–Crippen MR) is 47.1 cm³/mol. The third-order valence-electron chi connectivity index (χ3n) is 2.38. The van der Waals surface area contributed by atoms with Gasteiger partial charge in [-0.25, -0.2) is 0 Å². The number of hydrogen-bond acceptors (Lipinski definition) is 3. The van der Waals surface area contributed by atoms with E-state index < -0.39 is 0 Å². The molecule has 2 rings (SSSR count). The van der Waals surface area contributed by atoms with Gasteiger partial charge in [-0.1, -0.05) is 12.2 Å². The summed E-state index contributed by atoms with van der Waals surface area (Å²) < 4.78 is 10.6. The van der Waals surface area contributed by atoms with Crippen LogP contribution >= 0.6 is 0 Å². The van der Waals surface area contributed by atoms with Gasteiger partial charge in [-0.05, 0) is 20.3 Å². The SMILES string of the molecule is CC(C)OC(=O)C1CC2C=CC1O2. The van der Waals surface area contributed by atoms with Crippen LogP contribution in [-0.4, -0.2) is 24.3 Å². The molecule has 0 aromatic carbocycles. The van der Waals surface area contributed by atoms with Gasteiger partial charge in [-0.3, -0.25) is 4.79 Å². The lowest BCUT2D eigenvalue weighted by atomic mass is 9.94. The second-order valence-electron chi connectivity index (χ2n) is 3.85. The number of ether oxygens (including phenoxy) is 2. The molecule has 1 saturated heterocycles. The van der Waals surface area contributed by atoms with Gasteiger partial charge in [-0.2, -0.15) is 0 Å². The molecule has 0 saturated carbocycles. The van der Waals surface area contributed by atoms with E-state index in [9.17, 15) is 4.79 Å². The minimum atomic E-state index is -0.119. The number of carbonyl (C=O) groups is 1. The highest BCUT2D eigenvalue weighted by atomic mass is 16.6. The highest BCUT2D eigenvalue weighted by Gasteiger charge is 2.42. The maximum Gasteiger partial charge on any atom is 0.312 e. The van der Waals surface area contributed by atoms with Crippen LogP contribution in [0.5, 0.6) is 0 Å². The van der Waals surface area contributed by atoms with Crippen molar-refractivity contribution in [3.63, 3.8) is 0 Å². The Labute approximate surface area is 77.7 Å². The molecule has 0 radical (unpaired) electrons. The van der Waals surface area contributed by atoms with E-state index >= 15 is 0 Å². The summed E-state index contributed by atoms with van der Waals surface area (Å²) in [5.74, 6) is -0.191. The third-order valence-corrected chi connectivity index (χ3v) is 2.38. The topological polar surface area (TPSA) is 35.5 Å². The highest BCUT2D eigenvalue weighted by molar-refractivity contribution is 5.74. The van der Waals surface area contributed by atoms with E-state index in [1.165, 1.54) is 0 Å². The average Bonchev–Trinajstić information content (AvgIpc) is 2.62. The second kappa shape index (κ2) is 3.14. The summed E-state index contributed by atoms with van der Waals surface area (Å²) >= 11 is 0. The van der Waals surface area contributed by atoms with Crippen LogP contribution in [0.25, 0.3) is 0 Å². The Morgan fingerprint density at radius 3 is 2.77 bits per heavy atom. The molecule has 2 heterocycles. The van der Waals surface area contributed by atoms with Gasteiger partial charge >= 0.3 is 5.97 Å². The Hall–Kier alpha value is -0.830.